The quantitative estimate of drug-likeness (QED) is 0.0476. The van der Waals surface area contributed by atoms with Crippen LogP contribution < -0.4 is 36.0 Å². The molecule has 1 aliphatic rings. The van der Waals surface area contributed by atoms with Crippen LogP contribution in [0.4, 0.5) is 8.78 Å². The summed E-state index contributed by atoms with van der Waals surface area (Å²) in [6, 6.07) is -3.82. The largest absolute Gasteiger partial charge is 0.344 e. The van der Waals surface area contributed by atoms with Crippen LogP contribution in [0.2, 0.25) is 5.02 Å². The summed E-state index contributed by atoms with van der Waals surface area (Å²) < 4.78 is 83.3. The van der Waals surface area contributed by atoms with Gasteiger partial charge >= 0.3 is 0 Å². The number of carbonyl (C=O) groups is 8. The van der Waals surface area contributed by atoms with Gasteiger partial charge in [0.1, 0.15) is 29.9 Å². The highest BCUT2D eigenvalue weighted by Gasteiger charge is 2.37. The van der Waals surface area contributed by atoms with Crippen molar-refractivity contribution in [1.29, 1.82) is 0 Å². The number of sulfonamides is 2. The molecule has 2 aromatic rings. The van der Waals surface area contributed by atoms with E-state index in [2.05, 4.69) is 31.2 Å². The minimum Gasteiger partial charge on any atom is -0.344 e. The molecule has 1 aromatic carbocycles. The maximum atomic E-state index is 14.1. The Hall–Kier alpha value is -5.69. The monoisotopic (exact) mass is 1060 g/mol. The van der Waals surface area contributed by atoms with E-state index in [1.165, 1.54) is 18.6 Å². The van der Waals surface area contributed by atoms with Crippen molar-refractivity contribution in [2.24, 2.45) is 17.8 Å². The molecule has 0 spiro atoms. The van der Waals surface area contributed by atoms with Gasteiger partial charge in [-0.15, -0.1) is 0 Å². The molecule has 394 valence electrons. The van der Waals surface area contributed by atoms with Crippen LogP contribution in [0.25, 0.3) is 0 Å². The fraction of sp³-hybridized carbons (Fsp3) is 0.600. The number of alkyl halides is 2. The number of rotatable bonds is 28. The van der Waals surface area contributed by atoms with Crippen LogP contribution in [-0.4, -0.2) is 111 Å². The van der Waals surface area contributed by atoms with E-state index in [9.17, 15) is 64.0 Å². The molecule has 0 aliphatic heterocycles. The van der Waals surface area contributed by atoms with Crippen LogP contribution >= 0.6 is 11.6 Å². The third-order valence-corrected chi connectivity index (χ3v) is 14.4. The summed E-state index contributed by atoms with van der Waals surface area (Å²) in [5.41, 5.74) is -0.0522. The zero-order valence-corrected chi connectivity index (χ0v) is 42.6. The van der Waals surface area contributed by atoms with Crippen molar-refractivity contribution in [3.63, 3.8) is 0 Å². The van der Waals surface area contributed by atoms with E-state index >= 15 is 0 Å². The topological polar surface area (TPSA) is 315 Å². The molecule has 0 bridgehead atoms. The Morgan fingerprint density at radius 3 is 1.90 bits per heavy atom. The molecule has 5 unspecified atom stereocenters. The van der Waals surface area contributed by atoms with E-state index < -0.39 is 131 Å². The van der Waals surface area contributed by atoms with Crippen LogP contribution in [0.15, 0.2) is 46.6 Å². The molecule has 26 heteroatoms. The van der Waals surface area contributed by atoms with Gasteiger partial charge in [0.15, 0.2) is 0 Å². The summed E-state index contributed by atoms with van der Waals surface area (Å²) >= 11 is 5.99. The van der Waals surface area contributed by atoms with E-state index in [0.29, 0.717) is 38.2 Å². The second kappa shape index (κ2) is 28.4. The van der Waals surface area contributed by atoms with Crippen molar-refractivity contribution in [3.8, 4) is 0 Å². The maximum absolute atomic E-state index is 14.1. The van der Waals surface area contributed by atoms with Gasteiger partial charge in [-0.3, -0.25) is 43.3 Å². The van der Waals surface area contributed by atoms with Gasteiger partial charge in [-0.05, 0) is 55.2 Å². The Morgan fingerprint density at radius 2 is 1.34 bits per heavy atom. The van der Waals surface area contributed by atoms with Crippen LogP contribution in [0.5, 0.6) is 0 Å². The standard InChI is InChI=1S/C45H64ClF2N9O12S2/c1-6-8-10-15-37(58)56-70(66,67)30-20-29(46)21-31(22-30)71(68,69)57-38(59)25-51-45(65)40(60)32(23-36(47)48)52-41(61)34(19-28-13-11-9-12-14-28)54-44(64)39(27(5)7-2)55-42(62)33(18-26(3)4)53-43(63)35-24-49-16-17-50-35/h16-17,20-22,24,26-28,32-34,36,39H,6-15,18-19,23,25H2,1-5H3,(H,51,65)(H,52,61)(H,53,63)(H,54,64)(H,55,62)(H,56,58)(H,57,59). The molecule has 1 fully saturated rings. The highest BCUT2D eigenvalue weighted by atomic mass is 35.5. The summed E-state index contributed by atoms with van der Waals surface area (Å²) in [7, 11) is -9.56. The SMILES string of the molecule is CCCCCC(=O)NS(=O)(=O)c1cc(Cl)cc(S(=O)(=O)NC(=O)CNC(=O)C(=O)C(CC(F)F)NC(=O)C(CC2CCCCC2)NC(=O)C(NC(=O)C(CC(C)C)NC(=O)c2cnccn2)C(C)CC)c1. The summed E-state index contributed by atoms with van der Waals surface area (Å²) in [6.45, 7) is 7.70. The zero-order chi connectivity index (χ0) is 53.1. The number of amides is 7. The lowest BCUT2D eigenvalue weighted by atomic mass is 9.84. The first-order chi connectivity index (χ1) is 33.4. The van der Waals surface area contributed by atoms with E-state index in [0.717, 1.165) is 37.8 Å². The predicted octanol–water partition coefficient (Wildman–Crippen LogP) is 2.98. The Morgan fingerprint density at radius 1 is 0.732 bits per heavy atom. The van der Waals surface area contributed by atoms with Gasteiger partial charge in [0.2, 0.25) is 35.8 Å². The number of Topliss-reactive ketones (excluding diaryl/α,β-unsaturated/α-hetero) is 1. The van der Waals surface area contributed by atoms with Crippen LogP contribution in [0.1, 0.15) is 129 Å². The lowest BCUT2D eigenvalue weighted by Gasteiger charge is -2.31. The van der Waals surface area contributed by atoms with Crippen molar-refractivity contribution >= 4 is 78.8 Å². The van der Waals surface area contributed by atoms with Gasteiger partial charge in [-0.1, -0.05) is 97.6 Å². The van der Waals surface area contributed by atoms with E-state index in [-0.39, 0.29) is 36.8 Å². The Balaban J connectivity index is 1.78. The summed E-state index contributed by atoms with van der Waals surface area (Å²) in [4.78, 5) is 113. The Labute approximate surface area is 417 Å². The van der Waals surface area contributed by atoms with Crippen molar-refractivity contribution in [2.75, 3.05) is 6.54 Å². The number of hydrogen-bond acceptors (Lipinski definition) is 14. The fourth-order valence-electron chi connectivity index (χ4n) is 7.53. The van der Waals surface area contributed by atoms with Gasteiger partial charge in [0.05, 0.1) is 22.5 Å². The molecule has 0 radical (unpaired) electrons. The minimum atomic E-state index is -4.94. The zero-order valence-electron chi connectivity index (χ0n) is 40.2. The number of nitrogens with zero attached hydrogens (tertiary/aromatic N) is 2. The first-order valence-electron chi connectivity index (χ1n) is 23.4. The van der Waals surface area contributed by atoms with Gasteiger partial charge in [0, 0.05) is 30.3 Å². The van der Waals surface area contributed by atoms with Crippen LogP contribution in [-0.2, 0) is 53.6 Å². The number of nitrogens with one attached hydrogen (secondary N) is 7. The molecule has 7 N–H and O–H groups in total. The second-order valence-electron chi connectivity index (χ2n) is 17.8. The smallest absolute Gasteiger partial charge is 0.290 e. The summed E-state index contributed by atoms with van der Waals surface area (Å²) in [6.07, 6.45) is 5.26. The lowest BCUT2D eigenvalue weighted by molar-refractivity contribution is -0.141. The highest BCUT2D eigenvalue weighted by Crippen LogP contribution is 2.28. The molecule has 3 rings (SSSR count). The van der Waals surface area contributed by atoms with E-state index in [1.807, 2.05) is 30.8 Å². The molecule has 1 saturated carbocycles. The van der Waals surface area contributed by atoms with Crippen molar-refractivity contribution in [1.82, 2.24) is 46.0 Å². The summed E-state index contributed by atoms with van der Waals surface area (Å²) in [5, 5.41) is 11.5. The van der Waals surface area contributed by atoms with Crippen molar-refractivity contribution in [2.45, 2.75) is 158 Å². The van der Waals surface area contributed by atoms with Gasteiger partial charge in [0.25, 0.3) is 37.8 Å². The number of ketones is 1. The molecule has 21 nitrogen and oxygen atoms in total. The van der Waals surface area contributed by atoms with Crippen LogP contribution in [0.3, 0.4) is 0 Å². The summed E-state index contributed by atoms with van der Waals surface area (Å²) in [5.74, 6) is -9.77. The van der Waals surface area contributed by atoms with Crippen LogP contribution in [0, 0.1) is 17.8 Å². The number of hydrogen-bond donors (Lipinski definition) is 7. The molecule has 7 amide bonds. The molecule has 1 aliphatic carbocycles. The predicted molar refractivity (Wildman–Crippen MR) is 254 cm³/mol. The van der Waals surface area contributed by atoms with Crippen molar-refractivity contribution in [3.05, 3.63) is 47.5 Å². The third kappa shape index (κ3) is 19.8. The minimum absolute atomic E-state index is 0.00689. The fourth-order valence-corrected chi connectivity index (χ4v) is 10.1. The maximum Gasteiger partial charge on any atom is 0.290 e. The first-order valence-corrected chi connectivity index (χ1v) is 26.7. The number of benzene rings is 1. The molecular weight excluding hydrogens is 996 g/mol. The van der Waals surface area contributed by atoms with Gasteiger partial charge in [-0.2, -0.15) is 0 Å². The average molecular weight is 1060 g/mol. The highest BCUT2D eigenvalue weighted by molar-refractivity contribution is 7.91. The third-order valence-electron chi connectivity index (χ3n) is 11.5. The number of aromatic nitrogens is 2. The molecule has 1 aromatic heterocycles. The lowest BCUT2D eigenvalue weighted by Crippen LogP contribution is -2.60. The molecular formula is C45H64ClF2N9O12S2. The van der Waals surface area contributed by atoms with E-state index in [1.54, 1.807) is 18.6 Å². The second-order valence-corrected chi connectivity index (χ2v) is 21.6. The van der Waals surface area contributed by atoms with E-state index in [4.69, 9.17) is 11.6 Å². The number of carbonyl (C=O) groups excluding carboxylic acids is 8. The average Bonchev–Trinajstić information content (AvgIpc) is 3.31. The van der Waals surface area contributed by atoms with Gasteiger partial charge in [-0.25, -0.2) is 40.0 Å². The van der Waals surface area contributed by atoms with Crippen molar-refractivity contribution < 1.29 is 64.0 Å². The Kier molecular flexibility index (Phi) is 23.8. The Bertz CT molecular complexity index is 2430. The molecule has 5 atom stereocenters. The molecule has 71 heavy (non-hydrogen) atoms. The molecule has 0 saturated heterocycles. The normalized spacial score (nSPS) is 15.3. The first kappa shape index (κ1) is 59.6. The number of unbranched alkanes of at least 4 members (excludes halogenated alkanes) is 2. The number of halogens is 3. The molecule has 1 heterocycles. The van der Waals surface area contributed by atoms with Gasteiger partial charge < -0.3 is 26.6 Å².